The van der Waals surface area contributed by atoms with Crippen molar-refractivity contribution in [2.24, 2.45) is 0 Å². The molecule has 0 saturated carbocycles. The van der Waals surface area contributed by atoms with Crippen molar-refractivity contribution in [2.75, 3.05) is 0 Å². The average Bonchev–Trinajstić information content (AvgIpc) is 4.07. The van der Waals surface area contributed by atoms with Crippen LogP contribution in [0.4, 0.5) is 0 Å². The molecule has 9 aromatic carbocycles. The summed E-state index contributed by atoms with van der Waals surface area (Å²) in [6, 6.07) is 78.0. The van der Waals surface area contributed by atoms with E-state index in [1.54, 1.807) is 0 Å². The van der Waals surface area contributed by atoms with Crippen LogP contribution in [0.1, 0.15) is 17.7 Å². The van der Waals surface area contributed by atoms with E-state index in [-0.39, 0.29) is 0 Å². The molecule has 0 atom stereocenters. The molecule has 0 bridgehead atoms. The number of aromatic nitrogens is 6. The molecule has 0 fully saturated rings. The summed E-state index contributed by atoms with van der Waals surface area (Å²) in [6.45, 7) is 0. The summed E-state index contributed by atoms with van der Waals surface area (Å²) in [5, 5.41) is 6.09. The number of benzene rings is 9. The van der Waals surface area contributed by atoms with E-state index in [2.05, 4.69) is 208 Å². The Balaban J connectivity index is 1.05. The van der Waals surface area contributed by atoms with Crippen LogP contribution in [-0.4, -0.2) is 28.7 Å². The lowest BCUT2D eigenvalue weighted by atomic mass is 9.96. The largest absolute Gasteiger partial charge is 0.311 e. The molecule has 0 saturated heterocycles. The Morgan fingerprint density at radius 1 is 0.362 bits per heavy atom. The normalized spacial score (nSPS) is 12.5. The van der Waals surface area contributed by atoms with Crippen molar-refractivity contribution in [1.29, 1.82) is 0 Å². The van der Waals surface area contributed by atoms with Gasteiger partial charge in [0.2, 0.25) is 0 Å². The summed E-state index contributed by atoms with van der Waals surface area (Å²) in [6.07, 6.45) is 6.53. The lowest BCUT2D eigenvalue weighted by molar-refractivity contribution is 0.883. The number of rotatable bonds is 7. The van der Waals surface area contributed by atoms with Crippen LogP contribution in [0.3, 0.4) is 0 Å². The SMILES string of the molecule is C1=Cc2c(n(-c3cccc(-c4nc(-c5ccccc5)nc(-c5ccccc5)n4)c3-n3c4ccccc4c4ccccc43)c3ccc(-c4cccc5c4c4ccccc4n5-c4ccccc4)cc23)CC1. The first kappa shape index (κ1) is 39.1. The van der Waals surface area contributed by atoms with E-state index < -0.39 is 0 Å². The second-order valence-corrected chi connectivity index (χ2v) is 17.8. The molecule has 0 radical (unpaired) electrons. The zero-order valence-corrected chi connectivity index (χ0v) is 37.5. The Labute approximate surface area is 398 Å². The number of allylic oxidation sites excluding steroid dienone is 1. The van der Waals surface area contributed by atoms with E-state index >= 15 is 0 Å². The summed E-state index contributed by atoms with van der Waals surface area (Å²) in [5.74, 6) is 1.86. The monoisotopic (exact) mass is 882 g/mol. The number of hydrogen-bond donors (Lipinski definition) is 0. The highest BCUT2D eigenvalue weighted by Crippen LogP contribution is 2.45. The summed E-state index contributed by atoms with van der Waals surface area (Å²) in [7, 11) is 0. The van der Waals surface area contributed by atoms with E-state index in [4.69, 9.17) is 15.0 Å². The van der Waals surface area contributed by atoms with Crippen LogP contribution >= 0.6 is 0 Å². The predicted molar refractivity (Wildman–Crippen MR) is 284 cm³/mol. The maximum atomic E-state index is 5.36. The topological polar surface area (TPSA) is 53.5 Å². The molecule has 0 spiro atoms. The van der Waals surface area contributed by atoms with Crippen molar-refractivity contribution in [2.45, 2.75) is 12.8 Å². The van der Waals surface area contributed by atoms with Crippen LogP contribution in [0.5, 0.6) is 0 Å². The fourth-order valence-corrected chi connectivity index (χ4v) is 11.0. The van der Waals surface area contributed by atoms with Crippen LogP contribution < -0.4 is 0 Å². The van der Waals surface area contributed by atoms with Gasteiger partial charge < -0.3 is 13.7 Å². The van der Waals surface area contributed by atoms with E-state index in [0.717, 1.165) is 63.1 Å². The minimum atomic E-state index is 0.608. The molecule has 4 heterocycles. The molecule has 69 heavy (non-hydrogen) atoms. The Morgan fingerprint density at radius 2 is 0.899 bits per heavy atom. The zero-order valence-electron chi connectivity index (χ0n) is 37.5. The Hall–Kier alpha value is -9.13. The van der Waals surface area contributed by atoms with Gasteiger partial charge in [-0.25, -0.2) is 15.0 Å². The number of nitrogens with zero attached hydrogens (tertiary/aromatic N) is 6. The third-order valence-corrected chi connectivity index (χ3v) is 14.0. The molecule has 6 nitrogen and oxygen atoms in total. The van der Waals surface area contributed by atoms with Crippen molar-refractivity contribution in [1.82, 2.24) is 28.7 Å². The quantitative estimate of drug-likeness (QED) is 0.160. The van der Waals surface area contributed by atoms with E-state index in [0.29, 0.717) is 17.5 Å². The van der Waals surface area contributed by atoms with Gasteiger partial charge in [0.25, 0.3) is 0 Å². The van der Waals surface area contributed by atoms with Crippen LogP contribution in [0.15, 0.2) is 224 Å². The number of para-hydroxylation sites is 5. The fourth-order valence-electron chi connectivity index (χ4n) is 11.0. The highest BCUT2D eigenvalue weighted by Gasteiger charge is 2.27. The molecule has 4 aromatic heterocycles. The second-order valence-electron chi connectivity index (χ2n) is 17.8. The summed E-state index contributed by atoms with van der Waals surface area (Å²) < 4.78 is 7.37. The van der Waals surface area contributed by atoms with Crippen LogP contribution in [0.25, 0.3) is 123 Å². The summed E-state index contributed by atoms with van der Waals surface area (Å²) in [4.78, 5) is 15.8. The number of hydrogen-bond acceptors (Lipinski definition) is 3. The molecule has 1 aliphatic carbocycles. The van der Waals surface area contributed by atoms with Crippen molar-refractivity contribution < 1.29 is 0 Å². The van der Waals surface area contributed by atoms with Crippen molar-refractivity contribution >= 4 is 60.6 Å². The van der Waals surface area contributed by atoms with Gasteiger partial charge in [0, 0.05) is 60.6 Å². The third-order valence-electron chi connectivity index (χ3n) is 14.0. The van der Waals surface area contributed by atoms with Crippen molar-refractivity contribution in [3.8, 4) is 62.4 Å². The first-order chi connectivity index (χ1) is 34.3. The molecule has 0 N–H and O–H groups in total. The molecule has 1 aliphatic rings. The van der Waals surface area contributed by atoms with Gasteiger partial charge in [0.05, 0.1) is 39.0 Å². The molecule has 0 unspecified atom stereocenters. The first-order valence-corrected chi connectivity index (χ1v) is 23.7. The highest BCUT2D eigenvalue weighted by molar-refractivity contribution is 6.16. The van der Waals surface area contributed by atoms with Crippen LogP contribution in [-0.2, 0) is 6.42 Å². The zero-order chi connectivity index (χ0) is 45.4. The van der Waals surface area contributed by atoms with Gasteiger partial charge in [-0.05, 0) is 84.6 Å². The van der Waals surface area contributed by atoms with Crippen molar-refractivity contribution in [3.05, 3.63) is 236 Å². The molecule has 6 heteroatoms. The predicted octanol–water partition coefficient (Wildman–Crippen LogP) is 15.6. The lowest BCUT2D eigenvalue weighted by Crippen LogP contribution is -2.10. The Bertz CT molecular complexity index is 4070. The molecule has 13 aromatic rings. The lowest BCUT2D eigenvalue weighted by Gasteiger charge is -2.22. The maximum Gasteiger partial charge on any atom is 0.166 e. The van der Waals surface area contributed by atoms with E-state index in [9.17, 15) is 0 Å². The fraction of sp³-hybridized carbons (Fsp3) is 0.0317. The molecule has 0 aliphatic heterocycles. The minimum Gasteiger partial charge on any atom is -0.311 e. The molecule has 14 rings (SSSR count). The van der Waals surface area contributed by atoms with Gasteiger partial charge in [-0.1, -0.05) is 170 Å². The van der Waals surface area contributed by atoms with Gasteiger partial charge in [-0.2, -0.15) is 0 Å². The number of fused-ring (bicyclic) bond motifs is 9. The third kappa shape index (κ3) is 6.16. The van der Waals surface area contributed by atoms with E-state index in [1.165, 1.54) is 60.3 Å². The van der Waals surface area contributed by atoms with Gasteiger partial charge in [-0.15, -0.1) is 0 Å². The van der Waals surface area contributed by atoms with Gasteiger partial charge in [-0.3, -0.25) is 0 Å². The Morgan fingerprint density at radius 3 is 1.58 bits per heavy atom. The molecular formula is C63H42N6. The van der Waals surface area contributed by atoms with Gasteiger partial charge in [0.1, 0.15) is 0 Å². The highest BCUT2D eigenvalue weighted by atomic mass is 15.1. The standard InChI is InChI=1S/C63H42N6/c1-4-20-41(21-5-1)61-64-62(42-22-6-2-7-23-42)66-63(65-61)50-31-19-37-58(60(50)69-53-33-15-10-26-46(53)47-27-11-16-34-54(47)69)68-52-32-14-12-28-48(52)51-40-43(38-39-56(51)68)45-30-18-36-57-59(45)49-29-13-17-35-55(49)67(57)44-24-8-3-9-25-44/h1-13,15-31,33-40H,14,32H2. The summed E-state index contributed by atoms with van der Waals surface area (Å²) >= 11 is 0. The summed E-state index contributed by atoms with van der Waals surface area (Å²) in [5.41, 5.74) is 16.7. The molecular weight excluding hydrogens is 841 g/mol. The average molecular weight is 883 g/mol. The van der Waals surface area contributed by atoms with Crippen molar-refractivity contribution in [3.63, 3.8) is 0 Å². The van der Waals surface area contributed by atoms with Crippen LogP contribution in [0, 0.1) is 0 Å². The van der Waals surface area contributed by atoms with Gasteiger partial charge >= 0.3 is 0 Å². The van der Waals surface area contributed by atoms with E-state index in [1.807, 2.05) is 36.4 Å². The van der Waals surface area contributed by atoms with Crippen LogP contribution in [0.2, 0.25) is 0 Å². The van der Waals surface area contributed by atoms with Gasteiger partial charge in [0.15, 0.2) is 17.5 Å². The smallest absolute Gasteiger partial charge is 0.166 e. The Kier molecular flexibility index (Phi) is 8.92. The minimum absolute atomic E-state index is 0.608. The molecule has 324 valence electrons. The maximum absolute atomic E-state index is 5.36. The molecule has 0 amide bonds. The first-order valence-electron chi connectivity index (χ1n) is 23.7. The second kappa shape index (κ2) is 15.8.